The second-order valence-electron chi connectivity index (χ2n) is 9.68. The highest BCUT2D eigenvalue weighted by Gasteiger charge is 2.33. The summed E-state index contributed by atoms with van der Waals surface area (Å²) >= 11 is 0. The predicted octanol–water partition coefficient (Wildman–Crippen LogP) is 2.63. The number of benzene rings is 7. The maximum absolute atomic E-state index is 6.69. The van der Waals surface area contributed by atoms with E-state index in [1.165, 1.54) is 0 Å². The van der Waals surface area contributed by atoms with Crippen molar-refractivity contribution in [2.24, 2.45) is 0 Å². The Morgan fingerprint density at radius 3 is 0.639 bits per heavy atom. The molecule has 0 aromatic heterocycles. The molecule has 0 saturated heterocycles. The first-order valence-electron chi connectivity index (χ1n) is 11.2. The second-order valence-corrected chi connectivity index (χ2v) is 9.68. The normalized spacial score (nSPS) is 12.7. The van der Waals surface area contributed by atoms with Crippen LogP contribution in [0.15, 0.2) is 0 Å². The minimum atomic E-state index is 0.237. The minimum Gasteiger partial charge on any atom is -0.398 e. The van der Waals surface area contributed by atoms with E-state index in [4.69, 9.17) is 63.1 Å². The lowest BCUT2D eigenvalue weighted by Gasteiger charge is -2.29. The van der Waals surface area contributed by atoms with Gasteiger partial charge in [-0.25, -0.2) is 0 Å². The Bertz CT molecular complexity index is 1640. The summed E-state index contributed by atoms with van der Waals surface area (Å²) in [6.45, 7) is 1.86. The summed E-state index contributed by atoms with van der Waals surface area (Å²) in [7, 11) is 0. The maximum Gasteiger partial charge on any atom is 0.0656 e. The van der Waals surface area contributed by atoms with Crippen LogP contribution in [0.25, 0.3) is 64.6 Å². The van der Waals surface area contributed by atoms with Crippen molar-refractivity contribution in [3.8, 4) is 0 Å². The number of rotatable bonds is 0. The van der Waals surface area contributed by atoms with Gasteiger partial charge in [-0.05, 0) is 12.5 Å². The summed E-state index contributed by atoms with van der Waals surface area (Å²) in [4.78, 5) is 0. The molecule has 0 amide bonds. The average molecular weight is 480 g/mol. The Morgan fingerprint density at radius 2 is 0.389 bits per heavy atom. The molecule has 7 aromatic carbocycles. The van der Waals surface area contributed by atoms with E-state index in [0.29, 0.717) is 76.8 Å². The van der Waals surface area contributed by atoms with Crippen molar-refractivity contribution in [3.63, 3.8) is 0 Å². The molecule has 7 rings (SSSR count). The fraction of sp³-hybridized carbons (Fsp3) is 0.0400. The van der Waals surface area contributed by atoms with Gasteiger partial charge in [-0.3, -0.25) is 0 Å². The summed E-state index contributed by atoms with van der Waals surface area (Å²) in [5.41, 5.74) is 76.5. The molecule has 7 aromatic rings. The zero-order valence-corrected chi connectivity index (χ0v) is 19.4. The molecule has 0 spiro atoms. The van der Waals surface area contributed by atoms with Gasteiger partial charge in [0.15, 0.2) is 0 Å². The highest BCUT2D eigenvalue weighted by molar-refractivity contribution is 6.54. The Balaban J connectivity index is 2.14. The molecule has 11 nitrogen and oxygen atoms in total. The van der Waals surface area contributed by atoms with E-state index in [0.717, 1.165) is 16.2 Å². The Morgan fingerprint density at radius 1 is 0.222 bits per heavy atom. The van der Waals surface area contributed by atoms with Crippen molar-refractivity contribution in [2.45, 2.75) is 6.92 Å². The molecular weight excluding hydrogens is 454 g/mol. The molecular formula is C25H25N11. The van der Waals surface area contributed by atoms with Gasteiger partial charge in [0.05, 0.1) is 56.9 Å². The monoisotopic (exact) mass is 479 g/mol. The van der Waals surface area contributed by atoms with Crippen molar-refractivity contribution in [3.05, 3.63) is 5.56 Å². The fourth-order valence-corrected chi connectivity index (χ4v) is 6.52. The highest BCUT2D eigenvalue weighted by atomic mass is 14.8. The molecule has 0 fully saturated rings. The van der Waals surface area contributed by atoms with Crippen LogP contribution >= 0.6 is 0 Å². The quantitative estimate of drug-likeness (QED) is 0.0853. The van der Waals surface area contributed by atoms with Crippen molar-refractivity contribution in [1.29, 1.82) is 0 Å². The number of nitrogens with two attached hydrogens (primary N) is 11. The van der Waals surface area contributed by atoms with E-state index in [1.807, 2.05) is 6.92 Å². The molecule has 0 bridgehead atoms. The maximum atomic E-state index is 6.69. The number of anilines is 11. The molecule has 22 N–H and O–H groups in total. The number of hydrogen-bond donors (Lipinski definition) is 11. The molecule has 0 aliphatic heterocycles. The SMILES string of the molecule is Cc1c(N)c2c(N)c(N)c3c(N)c(N)c4c(N)c(N)c5c(N)c(N)c6c(N)c(N)c1c1c2c3c4c5c61. The highest BCUT2D eigenvalue weighted by Crippen LogP contribution is 2.61. The molecule has 0 aliphatic carbocycles. The van der Waals surface area contributed by atoms with Crippen molar-refractivity contribution in [1.82, 2.24) is 0 Å². The molecule has 0 radical (unpaired) electrons. The van der Waals surface area contributed by atoms with Crippen LogP contribution in [0.3, 0.4) is 0 Å². The first kappa shape index (κ1) is 20.1. The van der Waals surface area contributed by atoms with Crippen LogP contribution in [-0.4, -0.2) is 0 Å². The molecule has 0 unspecified atom stereocenters. The smallest absolute Gasteiger partial charge is 0.0656 e. The van der Waals surface area contributed by atoms with E-state index in [9.17, 15) is 0 Å². The van der Waals surface area contributed by atoms with Crippen LogP contribution in [0.5, 0.6) is 0 Å². The Hall–Kier alpha value is -5.32. The van der Waals surface area contributed by atoms with Gasteiger partial charge in [0, 0.05) is 70.3 Å². The van der Waals surface area contributed by atoms with Crippen LogP contribution in [0.1, 0.15) is 5.56 Å². The van der Waals surface area contributed by atoms with Crippen molar-refractivity contribution in [2.75, 3.05) is 63.1 Å². The summed E-state index contributed by atoms with van der Waals surface area (Å²) in [6.07, 6.45) is 0. The van der Waals surface area contributed by atoms with Crippen LogP contribution in [-0.2, 0) is 0 Å². The lowest BCUT2D eigenvalue weighted by atomic mass is 9.77. The van der Waals surface area contributed by atoms with Gasteiger partial charge in [0.25, 0.3) is 0 Å². The third kappa shape index (κ3) is 1.67. The topological polar surface area (TPSA) is 286 Å². The standard InChI is InChI=1S/C25H25N11/c1-2-3-4-5-7-9-8-6(4)11(18(29)16(3)27)20(31)22(33)13(8)23(34)25(36)14(9)24(35)21(32)12(7)19(30)17(28)10(5)15(2)26/h26-36H2,1H3. The lowest BCUT2D eigenvalue weighted by molar-refractivity contribution is 1.55. The average Bonchev–Trinajstić information content (AvgIpc) is 2.83. The van der Waals surface area contributed by atoms with Crippen LogP contribution in [0.4, 0.5) is 62.6 Å². The van der Waals surface area contributed by atoms with Crippen molar-refractivity contribution < 1.29 is 0 Å². The summed E-state index contributed by atoms with van der Waals surface area (Å²) < 4.78 is 0. The van der Waals surface area contributed by atoms with Gasteiger partial charge in [0.2, 0.25) is 0 Å². The Labute approximate surface area is 203 Å². The zero-order valence-electron chi connectivity index (χ0n) is 19.4. The third-order valence-electron chi connectivity index (χ3n) is 8.19. The first-order chi connectivity index (χ1) is 16.9. The largest absolute Gasteiger partial charge is 0.398 e. The number of nitrogen functional groups attached to an aromatic ring is 11. The van der Waals surface area contributed by atoms with Gasteiger partial charge >= 0.3 is 0 Å². The van der Waals surface area contributed by atoms with E-state index in [2.05, 4.69) is 0 Å². The molecule has 180 valence electrons. The molecule has 11 heteroatoms. The van der Waals surface area contributed by atoms with Gasteiger partial charge in [-0.2, -0.15) is 0 Å². The molecule has 0 atom stereocenters. The van der Waals surface area contributed by atoms with Crippen LogP contribution in [0.2, 0.25) is 0 Å². The van der Waals surface area contributed by atoms with E-state index < -0.39 is 0 Å². The van der Waals surface area contributed by atoms with Crippen molar-refractivity contribution >= 4 is 127 Å². The Kier molecular flexibility index (Phi) is 3.06. The first-order valence-corrected chi connectivity index (χ1v) is 11.2. The van der Waals surface area contributed by atoms with Crippen LogP contribution in [0, 0.1) is 6.92 Å². The molecule has 0 aliphatic rings. The lowest BCUT2D eigenvalue weighted by Crippen LogP contribution is -2.12. The zero-order chi connectivity index (χ0) is 25.9. The minimum absolute atomic E-state index is 0.237. The van der Waals surface area contributed by atoms with Gasteiger partial charge in [-0.15, -0.1) is 0 Å². The van der Waals surface area contributed by atoms with E-state index >= 15 is 0 Å². The summed E-state index contributed by atoms with van der Waals surface area (Å²) in [6, 6.07) is 0. The van der Waals surface area contributed by atoms with Crippen LogP contribution < -0.4 is 63.1 Å². The second kappa shape index (κ2) is 5.49. The number of aryl methyl sites for hydroxylation is 1. The summed E-state index contributed by atoms with van der Waals surface area (Å²) in [5.74, 6) is 0. The summed E-state index contributed by atoms with van der Waals surface area (Å²) in [5, 5.41) is 7.62. The molecule has 36 heavy (non-hydrogen) atoms. The molecule has 0 saturated carbocycles. The molecule has 0 heterocycles. The number of hydrogen-bond acceptors (Lipinski definition) is 11. The predicted molar refractivity (Wildman–Crippen MR) is 158 cm³/mol. The van der Waals surface area contributed by atoms with E-state index in [1.54, 1.807) is 0 Å². The third-order valence-corrected chi connectivity index (χ3v) is 8.19. The van der Waals surface area contributed by atoms with E-state index in [-0.39, 0.29) is 39.8 Å². The van der Waals surface area contributed by atoms with Gasteiger partial charge < -0.3 is 63.1 Å². The van der Waals surface area contributed by atoms with Gasteiger partial charge in [-0.1, -0.05) is 0 Å². The fourth-order valence-electron chi connectivity index (χ4n) is 6.52. The van der Waals surface area contributed by atoms with Gasteiger partial charge in [0.1, 0.15) is 0 Å².